The fraction of sp³-hybridized carbons (Fsp3) is 0.565. The average Bonchev–Trinajstić information content (AvgIpc) is 2.88. The first-order chi connectivity index (χ1) is 12.1. The maximum Gasteiger partial charge on any atom is 0.0434 e. The molecule has 0 saturated carbocycles. The lowest BCUT2D eigenvalue weighted by Gasteiger charge is -2.25. The lowest BCUT2D eigenvalue weighted by atomic mass is 10.0. The summed E-state index contributed by atoms with van der Waals surface area (Å²) in [5.74, 6) is 0. The van der Waals surface area contributed by atoms with Crippen LogP contribution in [-0.2, 0) is 0 Å². The van der Waals surface area contributed by atoms with E-state index >= 15 is 0 Å². The predicted octanol–water partition coefficient (Wildman–Crippen LogP) is 6.74. The Bertz CT molecular complexity index is 451. The summed E-state index contributed by atoms with van der Waals surface area (Å²) in [6, 6.07) is 0. The lowest BCUT2D eigenvalue weighted by molar-refractivity contribution is 0.519. The van der Waals surface area contributed by atoms with Crippen LogP contribution < -0.4 is 5.73 Å². The highest BCUT2D eigenvalue weighted by atomic mass is 15.1. The van der Waals surface area contributed by atoms with Crippen LogP contribution in [0, 0.1) is 0 Å². The molecule has 1 rings (SSSR count). The fourth-order valence-corrected chi connectivity index (χ4v) is 2.37. The molecule has 0 aliphatic heterocycles. The third kappa shape index (κ3) is 12.5. The number of allylic oxidation sites excluding steroid dienone is 9. The van der Waals surface area contributed by atoms with Gasteiger partial charge in [0.15, 0.2) is 0 Å². The predicted molar refractivity (Wildman–Crippen MR) is 116 cm³/mol. The van der Waals surface area contributed by atoms with Crippen LogP contribution in [0.2, 0.25) is 0 Å². The molecule has 0 bridgehead atoms. The molecule has 2 nitrogen and oxygen atoms in total. The van der Waals surface area contributed by atoms with Gasteiger partial charge >= 0.3 is 0 Å². The summed E-state index contributed by atoms with van der Waals surface area (Å²) in [6.45, 7) is 13.2. The van der Waals surface area contributed by atoms with Gasteiger partial charge in [-0.2, -0.15) is 0 Å². The molecule has 25 heavy (non-hydrogen) atoms. The molecule has 1 aliphatic carbocycles. The van der Waals surface area contributed by atoms with Crippen molar-refractivity contribution in [1.29, 1.82) is 0 Å². The zero-order valence-electron chi connectivity index (χ0n) is 17.8. The van der Waals surface area contributed by atoms with Gasteiger partial charge in [0, 0.05) is 18.4 Å². The van der Waals surface area contributed by atoms with E-state index in [0.717, 1.165) is 38.6 Å². The van der Waals surface area contributed by atoms with E-state index in [0.29, 0.717) is 0 Å². The van der Waals surface area contributed by atoms with Gasteiger partial charge in [-0.15, -0.1) is 0 Å². The highest BCUT2D eigenvalue weighted by Crippen LogP contribution is 2.24. The first kappa shape index (κ1) is 25.7. The largest absolute Gasteiger partial charge is 0.349 e. The summed E-state index contributed by atoms with van der Waals surface area (Å²) in [6.07, 6.45) is 20.7. The van der Waals surface area contributed by atoms with Crippen LogP contribution in [0.4, 0.5) is 0 Å². The number of hydrogen-bond acceptors (Lipinski definition) is 2. The van der Waals surface area contributed by atoms with Crippen LogP contribution in [0.15, 0.2) is 59.5 Å². The summed E-state index contributed by atoms with van der Waals surface area (Å²) in [7, 11) is 2.14. The van der Waals surface area contributed by atoms with Crippen LogP contribution >= 0.6 is 0 Å². The molecule has 2 N–H and O–H groups in total. The highest BCUT2D eigenvalue weighted by Gasteiger charge is 2.11. The van der Waals surface area contributed by atoms with Crippen molar-refractivity contribution >= 4 is 0 Å². The van der Waals surface area contributed by atoms with Gasteiger partial charge in [0.05, 0.1) is 0 Å². The van der Waals surface area contributed by atoms with Crippen molar-refractivity contribution in [3.05, 3.63) is 59.5 Å². The second-order valence-electron chi connectivity index (χ2n) is 5.63. The smallest absolute Gasteiger partial charge is 0.0434 e. The minimum absolute atomic E-state index is 0.756. The molecule has 2 heteroatoms. The number of nitrogens with zero attached hydrogens (tertiary/aromatic N) is 1. The van der Waals surface area contributed by atoms with E-state index in [1.54, 1.807) is 0 Å². The molecule has 0 aromatic carbocycles. The Balaban J connectivity index is 0. The van der Waals surface area contributed by atoms with E-state index in [4.69, 9.17) is 5.73 Å². The molecule has 0 radical (unpaired) electrons. The van der Waals surface area contributed by atoms with Gasteiger partial charge in [0.2, 0.25) is 0 Å². The average molecular weight is 347 g/mol. The highest BCUT2D eigenvalue weighted by molar-refractivity contribution is 5.37. The van der Waals surface area contributed by atoms with E-state index in [2.05, 4.69) is 75.3 Å². The summed E-state index contributed by atoms with van der Waals surface area (Å²) >= 11 is 0. The first-order valence-electron chi connectivity index (χ1n) is 9.90. The quantitative estimate of drug-likeness (QED) is 0.517. The molecule has 0 amide bonds. The number of hydrogen-bond donors (Lipinski definition) is 1. The van der Waals surface area contributed by atoms with Crippen molar-refractivity contribution in [3.63, 3.8) is 0 Å². The van der Waals surface area contributed by atoms with Crippen molar-refractivity contribution in [1.82, 2.24) is 4.90 Å². The number of likely N-dealkylation sites (N-methyl/N-ethyl adjacent to an activating group) is 1. The van der Waals surface area contributed by atoms with Crippen molar-refractivity contribution in [2.75, 3.05) is 13.6 Å². The van der Waals surface area contributed by atoms with E-state index < -0.39 is 0 Å². The number of rotatable bonds is 7. The Morgan fingerprint density at radius 2 is 1.92 bits per heavy atom. The van der Waals surface area contributed by atoms with Crippen LogP contribution in [0.1, 0.15) is 73.6 Å². The van der Waals surface area contributed by atoms with Gasteiger partial charge in [-0.1, -0.05) is 64.2 Å². The summed E-state index contributed by atoms with van der Waals surface area (Å²) < 4.78 is 0. The van der Waals surface area contributed by atoms with Crippen LogP contribution in [0.3, 0.4) is 0 Å². The third-order valence-electron chi connectivity index (χ3n) is 3.73. The SMILES string of the molecule is C/C=C\CC.CC.CC/C=C(\C)N(C)C1=CC=CCC=C1CCCN. The molecule has 0 aromatic rings. The molecule has 1 aliphatic rings. The van der Waals surface area contributed by atoms with Gasteiger partial charge in [-0.3, -0.25) is 0 Å². The third-order valence-corrected chi connectivity index (χ3v) is 3.73. The summed E-state index contributed by atoms with van der Waals surface area (Å²) in [5, 5.41) is 0. The molecule has 0 unspecified atom stereocenters. The van der Waals surface area contributed by atoms with Crippen LogP contribution in [0.25, 0.3) is 0 Å². The molecule has 0 spiro atoms. The van der Waals surface area contributed by atoms with E-state index in [1.165, 1.54) is 17.0 Å². The van der Waals surface area contributed by atoms with E-state index in [-0.39, 0.29) is 0 Å². The van der Waals surface area contributed by atoms with E-state index in [9.17, 15) is 0 Å². The van der Waals surface area contributed by atoms with E-state index in [1.807, 2.05) is 20.8 Å². The maximum absolute atomic E-state index is 5.63. The standard InChI is InChI=1S/C16H26N2.C5H10.C2H6/c1-4-9-14(2)18(3)16-12-7-5-6-10-15(16)11-8-13-17;1-3-5-4-2;1-2/h5,7,9-10,12H,4,6,8,11,13,17H2,1-3H3;3,5H,4H2,1-2H3;1-2H3/b14-9+;5-3-;. The zero-order valence-corrected chi connectivity index (χ0v) is 17.8. The normalized spacial score (nSPS) is 13.8. The Morgan fingerprint density at radius 3 is 2.40 bits per heavy atom. The topological polar surface area (TPSA) is 29.3 Å². The van der Waals surface area contributed by atoms with Crippen molar-refractivity contribution in [3.8, 4) is 0 Å². The molecule has 0 fully saturated rings. The Hall–Kier alpha value is -1.54. The zero-order chi connectivity index (χ0) is 19.5. The van der Waals surface area contributed by atoms with Gasteiger partial charge in [0.1, 0.15) is 0 Å². The second kappa shape index (κ2) is 18.8. The first-order valence-corrected chi connectivity index (χ1v) is 9.90. The molecule has 0 saturated heterocycles. The van der Waals surface area contributed by atoms with Crippen LogP contribution in [0.5, 0.6) is 0 Å². The number of nitrogens with two attached hydrogens (primary N) is 1. The van der Waals surface area contributed by atoms with Gasteiger partial charge in [-0.05, 0) is 64.1 Å². The monoisotopic (exact) mass is 346 g/mol. The lowest BCUT2D eigenvalue weighted by Crippen LogP contribution is -2.17. The van der Waals surface area contributed by atoms with Crippen molar-refractivity contribution in [2.24, 2.45) is 5.73 Å². The molecular weight excluding hydrogens is 304 g/mol. The van der Waals surface area contributed by atoms with Crippen LogP contribution in [-0.4, -0.2) is 18.5 Å². The summed E-state index contributed by atoms with van der Waals surface area (Å²) in [4.78, 5) is 2.28. The Morgan fingerprint density at radius 1 is 1.24 bits per heavy atom. The fourth-order valence-electron chi connectivity index (χ4n) is 2.37. The molecule has 0 heterocycles. The minimum Gasteiger partial charge on any atom is -0.349 e. The van der Waals surface area contributed by atoms with Gasteiger partial charge in [0.25, 0.3) is 0 Å². The molecule has 0 atom stereocenters. The maximum atomic E-state index is 5.63. The second-order valence-corrected chi connectivity index (χ2v) is 5.63. The molecule has 144 valence electrons. The van der Waals surface area contributed by atoms with Crippen molar-refractivity contribution in [2.45, 2.75) is 73.6 Å². The van der Waals surface area contributed by atoms with Gasteiger partial charge in [-0.25, -0.2) is 0 Å². The van der Waals surface area contributed by atoms with Crippen molar-refractivity contribution < 1.29 is 0 Å². The Labute approximate surface area is 157 Å². The molecule has 0 aromatic heterocycles. The molecular formula is C23H42N2. The summed E-state index contributed by atoms with van der Waals surface area (Å²) in [5.41, 5.74) is 9.65. The van der Waals surface area contributed by atoms with Gasteiger partial charge < -0.3 is 10.6 Å². The minimum atomic E-state index is 0.756. The Kier molecular flexibility index (Phi) is 19.3.